The molecule has 0 unspecified atom stereocenters. The fourth-order valence-corrected chi connectivity index (χ4v) is 2.87. The number of hydrogen-bond acceptors (Lipinski definition) is 3. The lowest BCUT2D eigenvalue weighted by Gasteiger charge is -2.27. The first-order valence-electron chi connectivity index (χ1n) is 7.90. The molecule has 120 valence electrons. The van der Waals surface area contributed by atoms with Crippen molar-refractivity contribution in [2.24, 2.45) is 0 Å². The highest BCUT2D eigenvalue weighted by atomic mass is 16.5. The van der Waals surface area contributed by atoms with Crippen molar-refractivity contribution < 1.29 is 14.3 Å². The summed E-state index contributed by atoms with van der Waals surface area (Å²) in [5, 5.41) is 2.83. The zero-order valence-electron chi connectivity index (χ0n) is 13.3. The van der Waals surface area contributed by atoms with E-state index in [0.29, 0.717) is 12.3 Å². The Hall–Kier alpha value is -2.04. The van der Waals surface area contributed by atoms with Gasteiger partial charge in [-0.2, -0.15) is 0 Å². The van der Waals surface area contributed by atoms with E-state index in [4.69, 9.17) is 4.74 Å². The smallest absolute Gasteiger partial charge is 0.244 e. The van der Waals surface area contributed by atoms with Gasteiger partial charge in [0.25, 0.3) is 0 Å². The maximum absolute atomic E-state index is 12.2. The molecule has 2 amide bonds. The molecule has 2 rings (SSSR count). The number of hydrogen-bond donors (Lipinski definition) is 1. The predicted octanol–water partition coefficient (Wildman–Crippen LogP) is 2.81. The van der Waals surface area contributed by atoms with Crippen LogP contribution in [0.25, 0.3) is 0 Å². The van der Waals surface area contributed by atoms with Crippen molar-refractivity contribution in [3.05, 3.63) is 24.3 Å². The minimum absolute atomic E-state index is 0.0336. The van der Waals surface area contributed by atoms with E-state index >= 15 is 0 Å². The number of amides is 2. The highest BCUT2D eigenvalue weighted by molar-refractivity contribution is 5.94. The Labute approximate surface area is 131 Å². The van der Waals surface area contributed by atoms with Gasteiger partial charge in [-0.05, 0) is 44.0 Å². The van der Waals surface area contributed by atoms with Crippen molar-refractivity contribution in [3.63, 3.8) is 0 Å². The lowest BCUT2D eigenvalue weighted by atomic mass is 10.2. The number of carbonyl (C=O) groups excluding carboxylic acids is 2. The third kappa shape index (κ3) is 4.48. The molecule has 0 aromatic heterocycles. The van der Waals surface area contributed by atoms with E-state index in [-0.39, 0.29) is 24.4 Å². The fraction of sp³-hybridized carbons (Fsp3) is 0.529. The number of anilines is 1. The molecule has 1 saturated carbocycles. The second-order valence-electron chi connectivity index (χ2n) is 5.59. The molecule has 1 aliphatic carbocycles. The third-order valence-corrected chi connectivity index (χ3v) is 3.93. The molecule has 0 saturated heterocycles. The van der Waals surface area contributed by atoms with Crippen LogP contribution in [0.3, 0.4) is 0 Å². The number of ether oxygens (including phenoxy) is 1. The average molecular weight is 304 g/mol. The lowest BCUT2D eigenvalue weighted by Crippen LogP contribution is -2.42. The van der Waals surface area contributed by atoms with Gasteiger partial charge in [0, 0.05) is 18.7 Å². The molecular formula is C17H24N2O3. The monoisotopic (exact) mass is 304 g/mol. The summed E-state index contributed by atoms with van der Waals surface area (Å²) in [6.45, 7) is 4.19. The maximum atomic E-state index is 12.2. The number of nitrogens with one attached hydrogen (secondary N) is 1. The number of rotatable bonds is 6. The summed E-state index contributed by atoms with van der Waals surface area (Å²) >= 11 is 0. The average Bonchev–Trinajstić information content (AvgIpc) is 3.01. The molecule has 1 aromatic rings. The Morgan fingerprint density at radius 3 is 2.41 bits per heavy atom. The summed E-state index contributed by atoms with van der Waals surface area (Å²) < 4.78 is 5.36. The zero-order chi connectivity index (χ0) is 15.9. The number of nitrogens with zero attached hydrogens (tertiary/aromatic N) is 1. The second-order valence-corrected chi connectivity index (χ2v) is 5.59. The van der Waals surface area contributed by atoms with Gasteiger partial charge in [0.2, 0.25) is 11.8 Å². The molecule has 1 aromatic carbocycles. The van der Waals surface area contributed by atoms with Crippen LogP contribution in [0.1, 0.15) is 39.5 Å². The van der Waals surface area contributed by atoms with Crippen LogP contribution in [0.2, 0.25) is 0 Å². The van der Waals surface area contributed by atoms with E-state index in [1.54, 1.807) is 17.0 Å². The van der Waals surface area contributed by atoms with Crippen LogP contribution < -0.4 is 10.1 Å². The van der Waals surface area contributed by atoms with Crippen LogP contribution in [-0.4, -0.2) is 35.9 Å². The molecule has 1 fully saturated rings. The Balaban J connectivity index is 1.91. The first kappa shape index (κ1) is 16.3. The number of benzene rings is 1. The Morgan fingerprint density at radius 2 is 1.86 bits per heavy atom. The van der Waals surface area contributed by atoms with Gasteiger partial charge in [-0.15, -0.1) is 0 Å². The van der Waals surface area contributed by atoms with Crippen molar-refractivity contribution in [1.82, 2.24) is 4.90 Å². The van der Waals surface area contributed by atoms with E-state index in [2.05, 4.69) is 5.32 Å². The summed E-state index contributed by atoms with van der Waals surface area (Å²) in [6.07, 6.45) is 4.26. The molecule has 1 aliphatic rings. The molecule has 0 radical (unpaired) electrons. The zero-order valence-corrected chi connectivity index (χ0v) is 13.3. The van der Waals surface area contributed by atoms with E-state index in [9.17, 15) is 9.59 Å². The van der Waals surface area contributed by atoms with E-state index in [1.807, 2.05) is 19.1 Å². The summed E-state index contributed by atoms with van der Waals surface area (Å²) in [5.74, 6) is 0.580. The molecule has 0 atom stereocenters. The van der Waals surface area contributed by atoms with Gasteiger partial charge in [0.1, 0.15) is 12.3 Å². The quantitative estimate of drug-likeness (QED) is 0.879. The predicted molar refractivity (Wildman–Crippen MR) is 85.9 cm³/mol. The molecule has 0 aliphatic heterocycles. The molecule has 5 nitrogen and oxygen atoms in total. The SMILES string of the molecule is CCOc1ccc(NC(=O)CN(C(C)=O)C2CCCC2)cc1. The molecule has 5 heteroatoms. The second kappa shape index (κ2) is 7.82. The number of carbonyl (C=O) groups is 2. The van der Waals surface area contributed by atoms with Crippen LogP contribution >= 0.6 is 0 Å². The van der Waals surface area contributed by atoms with Gasteiger partial charge in [-0.1, -0.05) is 12.8 Å². The summed E-state index contributed by atoms with van der Waals surface area (Å²) in [5.41, 5.74) is 0.711. The topological polar surface area (TPSA) is 58.6 Å². The first-order valence-corrected chi connectivity index (χ1v) is 7.90. The molecule has 22 heavy (non-hydrogen) atoms. The van der Waals surface area contributed by atoms with Crippen molar-refractivity contribution in [2.45, 2.75) is 45.6 Å². The standard InChI is InChI=1S/C17H24N2O3/c1-3-22-16-10-8-14(9-11-16)18-17(21)12-19(13(2)20)15-6-4-5-7-15/h8-11,15H,3-7,12H2,1-2H3,(H,18,21). The minimum Gasteiger partial charge on any atom is -0.494 e. The molecular weight excluding hydrogens is 280 g/mol. The lowest BCUT2D eigenvalue weighted by molar-refractivity contribution is -0.135. The van der Waals surface area contributed by atoms with Gasteiger partial charge in [0.15, 0.2) is 0 Å². The fourth-order valence-electron chi connectivity index (χ4n) is 2.87. The van der Waals surface area contributed by atoms with Crippen LogP contribution in [-0.2, 0) is 9.59 Å². The molecule has 0 bridgehead atoms. The highest BCUT2D eigenvalue weighted by Gasteiger charge is 2.26. The van der Waals surface area contributed by atoms with E-state index < -0.39 is 0 Å². The van der Waals surface area contributed by atoms with Gasteiger partial charge >= 0.3 is 0 Å². The van der Waals surface area contributed by atoms with Gasteiger partial charge in [0.05, 0.1) is 6.61 Å². The van der Waals surface area contributed by atoms with Crippen molar-refractivity contribution in [1.29, 1.82) is 0 Å². The molecule has 0 heterocycles. The third-order valence-electron chi connectivity index (χ3n) is 3.93. The Morgan fingerprint density at radius 1 is 1.23 bits per heavy atom. The Bertz CT molecular complexity index is 507. The van der Waals surface area contributed by atoms with Gasteiger partial charge in [-0.3, -0.25) is 9.59 Å². The maximum Gasteiger partial charge on any atom is 0.244 e. The Kier molecular flexibility index (Phi) is 5.81. The van der Waals surface area contributed by atoms with E-state index in [0.717, 1.165) is 31.4 Å². The molecule has 1 N–H and O–H groups in total. The van der Waals surface area contributed by atoms with Crippen molar-refractivity contribution in [2.75, 3.05) is 18.5 Å². The molecule has 0 spiro atoms. The highest BCUT2D eigenvalue weighted by Crippen LogP contribution is 2.23. The van der Waals surface area contributed by atoms with Crippen LogP contribution in [0.4, 0.5) is 5.69 Å². The largest absolute Gasteiger partial charge is 0.494 e. The van der Waals surface area contributed by atoms with Gasteiger partial charge in [-0.25, -0.2) is 0 Å². The van der Waals surface area contributed by atoms with Crippen molar-refractivity contribution in [3.8, 4) is 5.75 Å². The minimum atomic E-state index is -0.161. The normalized spacial score (nSPS) is 14.6. The summed E-state index contributed by atoms with van der Waals surface area (Å²) in [7, 11) is 0. The van der Waals surface area contributed by atoms with Crippen molar-refractivity contribution >= 4 is 17.5 Å². The summed E-state index contributed by atoms with van der Waals surface area (Å²) in [6, 6.07) is 7.45. The van der Waals surface area contributed by atoms with Crippen LogP contribution in [0.15, 0.2) is 24.3 Å². The van der Waals surface area contributed by atoms with E-state index in [1.165, 1.54) is 6.92 Å². The first-order chi connectivity index (χ1) is 10.6. The van der Waals surface area contributed by atoms with Crippen LogP contribution in [0, 0.1) is 0 Å². The summed E-state index contributed by atoms with van der Waals surface area (Å²) in [4.78, 5) is 25.6. The van der Waals surface area contributed by atoms with Gasteiger partial charge < -0.3 is 15.0 Å². The van der Waals surface area contributed by atoms with Crippen LogP contribution in [0.5, 0.6) is 5.75 Å².